The number of nitrogens with two attached hydrogens (primary N) is 1. The van der Waals surface area contributed by atoms with Crippen LogP contribution in [0.1, 0.15) is 73.1 Å². The number of nitrogens with one attached hydrogen (secondary N) is 1. The van der Waals surface area contributed by atoms with Gasteiger partial charge in [-0.25, -0.2) is 14.7 Å². The maximum Gasteiger partial charge on any atom is 0.422 e. The van der Waals surface area contributed by atoms with Crippen LogP contribution in [0.5, 0.6) is 0 Å². The minimum atomic E-state index is -4.08. The van der Waals surface area contributed by atoms with Crippen molar-refractivity contribution in [2.24, 2.45) is 5.14 Å². The van der Waals surface area contributed by atoms with Gasteiger partial charge in [-0.15, -0.1) is 0 Å². The van der Waals surface area contributed by atoms with Crippen LogP contribution < -0.4 is 9.86 Å². The molecule has 0 aliphatic carbocycles. The van der Waals surface area contributed by atoms with E-state index in [0.717, 1.165) is 44.1 Å². The average Bonchev–Trinajstić information content (AvgIpc) is 2.52. The Morgan fingerprint density at radius 3 is 1.68 bits per heavy atom. The van der Waals surface area contributed by atoms with Gasteiger partial charge in [0.05, 0.1) is 0 Å². The fourth-order valence-electron chi connectivity index (χ4n) is 2.39. The normalized spacial score (nSPS) is 13.3. The van der Waals surface area contributed by atoms with Crippen molar-refractivity contribution in [2.45, 2.75) is 73.1 Å². The van der Waals surface area contributed by atoms with Crippen molar-refractivity contribution < 1.29 is 17.9 Å². The number of hydrogen-bond acceptors (Lipinski definition) is 4. The van der Waals surface area contributed by atoms with Crippen LogP contribution in [0.25, 0.3) is 0 Å². The molecule has 0 aliphatic heterocycles. The third-order valence-corrected chi connectivity index (χ3v) is 4.48. The highest BCUT2D eigenvalue weighted by Gasteiger charge is 2.08. The van der Waals surface area contributed by atoms with Gasteiger partial charge >= 0.3 is 16.3 Å². The minimum absolute atomic E-state index is 0.00665. The standard InChI is InChI=1S/C21H36N2O4S/c1-17(2)9-6-10-18(3)11-7-12-19(4)13-8-14-20(5)15-16-27-21(24)23-28(22,25)26/h9,11,13,15H,6-8,10,12,14,16H2,1-5H3,(H,23,24)(H2,22,25,26)/b18-11+,19-13+,20-15+. The van der Waals surface area contributed by atoms with Gasteiger partial charge in [0, 0.05) is 0 Å². The van der Waals surface area contributed by atoms with Crippen molar-refractivity contribution in [3.05, 3.63) is 46.6 Å². The Morgan fingerprint density at radius 2 is 1.25 bits per heavy atom. The van der Waals surface area contributed by atoms with Crippen molar-refractivity contribution in [3.8, 4) is 0 Å². The highest BCUT2D eigenvalue weighted by Crippen LogP contribution is 2.13. The molecule has 6 nitrogen and oxygen atoms in total. The number of ether oxygens (including phenoxy) is 1. The van der Waals surface area contributed by atoms with E-state index in [0.29, 0.717) is 0 Å². The van der Waals surface area contributed by atoms with E-state index in [9.17, 15) is 13.2 Å². The predicted molar refractivity (Wildman–Crippen MR) is 116 cm³/mol. The number of allylic oxidation sites excluding steroid dienone is 7. The van der Waals surface area contributed by atoms with E-state index < -0.39 is 16.3 Å². The first-order chi connectivity index (χ1) is 13.0. The average molecular weight is 413 g/mol. The molecule has 160 valence electrons. The molecule has 0 rings (SSSR count). The van der Waals surface area contributed by atoms with Gasteiger partial charge in [0.1, 0.15) is 6.61 Å². The summed E-state index contributed by atoms with van der Waals surface area (Å²) in [5.74, 6) is 0. The van der Waals surface area contributed by atoms with Gasteiger partial charge in [-0.3, -0.25) is 0 Å². The number of carbonyl (C=O) groups excluding carboxylic acids is 1. The smallest absolute Gasteiger partial charge is 0.422 e. The largest absolute Gasteiger partial charge is 0.445 e. The highest BCUT2D eigenvalue weighted by atomic mass is 32.2. The summed E-state index contributed by atoms with van der Waals surface area (Å²) in [4.78, 5) is 11.1. The molecule has 7 heteroatoms. The lowest BCUT2D eigenvalue weighted by molar-refractivity contribution is 0.164. The molecule has 0 heterocycles. The van der Waals surface area contributed by atoms with Gasteiger partial charge in [-0.1, -0.05) is 40.5 Å². The summed E-state index contributed by atoms with van der Waals surface area (Å²) >= 11 is 0. The minimum Gasteiger partial charge on any atom is -0.445 e. The summed E-state index contributed by atoms with van der Waals surface area (Å²) in [6.07, 6.45) is 13.6. The molecule has 0 radical (unpaired) electrons. The van der Waals surface area contributed by atoms with Crippen molar-refractivity contribution in [1.82, 2.24) is 4.72 Å². The van der Waals surface area contributed by atoms with Crippen LogP contribution in [0.2, 0.25) is 0 Å². The van der Waals surface area contributed by atoms with Crippen LogP contribution >= 0.6 is 0 Å². The first kappa shape index (κ1) is 26.1. The monoisotopic (exact) mass is 412 g/mol. The van der Waals surface area contributed by atoms with E-state index >= 15 is 0 Å². The third-order valence-electron chi connectivity index (χ3n) is 4.03. The van der Waals surface area contributed by atoms with E-state index in [1.165, 1.54) is 21.4 Å². The summed E-state index contributed by atoms with van der Waals surface area (Å²) in [7, 11) is -4.08. The zero-order chi connectivity index (χ0) is 21.6. The van der Waals surface area contributed by atoms with Crippen molar-refractivity contribution in [3.63, 3.8) is 0 Å². The fraction of sp³-hybridized carbons (Fsp3) is 0.571. The molecule has 1 amide bonds. The topological polar surface area (TPSA) is 98.5 Å². The van der Waals surface area contributed by atoms with Gasteiger partial charge in [0.2, 0.25) is 0 Å². The molecule has 0 saturated carbocycles. The van der Waals surface area contributed by atoms with E-state index in [2.05, 4.69) is 51.1 Å². The Balaban J connectivity index is 4.09. The van der Waals surface area contributed by atoms with E-state index in [1.807, 2.05) is 6.92 Å². The zero-order valence-electron chi connectivity index (χ0n) is 17.9. The second kappa shape index (κ2) is 14.2. The summed E-state index contributed by atoms with van der Waals surface area (Å²) in [5.41, 5.74) is 5.25. The molecule has 0 saturated heterocycles. The second-order valence-corrected chi connectivity index (χ2v) is 8.59. The van der Waals surface area contributed by atoms with E-state index in [4.69, 9.17) is 4.74 Å². The quantitative estimate of drug-likeness (QED) is 0.438. The Kier molecular flexibility index (Phi) is 13.2. The predicted octanol–water partition coefficient (Wildman–Crippen LogP) is 5.06. The van der Waals surface area contributed by atoms with Crippen molar-refractivity contribution in [2.75, 3.05) is 6.61 Å². The Bertz CT molecular complexity index is 713. The van der Waals surface area contributed by atoms with Gasteiger partial charge in [-0.2, -0.15) is 8.42 Å². The number of rotatable bonds is 12. The SMILES string of the molecule is CC(C)=CCC/C(C)=C/CC/C(C)=C/CC/C(C)=C/COC(=O)NS(N)(=O)=O. The van der Waals surface area contributed by atoms with Crippen molar-refractivity contribution >= 4 is 16.3 Å². The van der Waals surface area contributed by atoms with E-state index in [1.54, 1.807) is 6.08 Å². The summed E-state index contributed by atoms with van der Waals surface area (Å²) in [6.45, 7) is 10.5. The lowest BCUT2D eigenvalue weighted by Crippen LogP contribution is -2.36. The summed E-state index contributed by atoms with van der Waals surface area (Å²) < 4.78 is 27.6. The molecule has 0 aliphatic rings. The zero-order valence-corrected chi connectivity index (χ0v) is 18.7. The third kappa shape index (κ3) is 17.5. The summed E-state index contributed by atoms with van der Waals surface area (Å²) in [6, 6.07) is 0. The fourth-order valence-corrected chi connectivity index (χ4v) is 2.68. The molecule has 0 unspecified atom stereocenters. The molecule has 28 heavy (non-hydrogen) atoms. The number of carbonyl (C=O) groups is 1. The van der Waals surface area contributed by atoms with Crippen LogP contribution in [0.3, 0.4) is 0 Å². The van der Waals surface area contributed by atoms with Gasteiger partial charge in [0.15, 0.2) is 0 Å². The summed E-state index contributed by atoms with van der Waals surface area (Å²) in [5, 5.41) is 4.68. The second-order valence-electron chi connectivity index (χ2n) is 7.29. The highest BCUT2D eigenvalue weighted by molar-refractivity contribution is 7.87. The first-order valence-corrected chi connectivity index (χ1v) is 11.1. The molecule has 0 bridgehead atoms. The Labute approximate surface area is 170 Å². The molecule has 0 aromatic rings. The van der Waals surface area contributed by atoms with E-state index in [-0.39, 0.29) is 6.61 Å². The Morgan fingerprint density at radius 1 is 0.821 bits per heavy atom. The molecule has 0 atom stereocenters. The van der Waals surface area contributed by atoms with Crippen LogP contribution in [-0.4, -0.2) is 21.1 Å². The number of amides is 1. The van der Waals surface area contributed by atoms with Crippen LogP contribution in [0, 0.1) is 0 Å². The molecule has 3 N–H and O–H groups in total. The van der Waals surface area contributed by atoms with Crippen molar-refractivity contribution in [1.29, 1.82) is 0 Å². The molecular weight excluding hydrogens is 376 g/mol. The van der Waals surface area contributed by atoms with Crippen LogP contribution in [-0.2, 0) is 14.9 Å². The maximum atomic E-state index is 11.1. The first-order valence-electron chi connectivity index (χ1n) is 9.57. The molecule has 0 spiro atoms. The Hall–Kier alpha value is -1.86. The van der Waals surface area contributed by atoms with Crippen LogP contribution in [0.4, 0.5) is 4.79 Å². The maximum absolute atomic E-state index is 11.1. The van der Waals surface area contributed by atoms with Crippen LogP contribution in [0.15, 0.2) is 46.6 Å². The van der Waals surface area contributed by atoms with Gasteiger partial charge in [-0.05, 0) is 79.2 Å². The van der Waals surface area contributed by atoms with Gasteiger partial charge < -0.3 is 4.74 Å². The molecular formula is C21H36N2O4S. The lowest BCUT2D eigenvalue weighted by atomic mass is 10.0. The van der Waals surface area contributed by atoms with Gasteiger partial charge in [0.25, 0.3) is 0 Å². The molecule has 0 aromatic carbocycles. The molecule has 0 aromatic heterocycles. The lowest BCUT2D eigenvalue weighted by Gasteiger charge is -2.04. The number of hydrogen-bond donors (Lipinski definition) is 2. The molecule has 0 fully saturated rings.